The molecule has 0 aliphatic heterocycles. The third-order valence-corrected chi connectivity index (χ3v) is 3.38. The molecule has 3 aromatic rings. The van der Waals surface area contributed by atoms with Crippen molar-refractivity contribution in [1.82, 2.24) is 10.2 Å². The van der Waals surface area contributed by atoms with Crippen LogP contribution in [0.2, 0.25) is 5.02 Å². The number of hydrogen-bond donors (Lipinski definition) is 2. The van der Waals surface area contributed by atoms with Gasteiger partial charge in [-0.3, -0.25) is 20.0 Å². The number of nitrogens with one attached hydrogen (secondary N) is 2. The van der Waals surface area contributed by atoms with Crippen molar-refractivity contribution >= 4 is 23.5 Å². The molecule has 1 aromatic heterocycles. The molecule has 0 amide bonds. The standard InChI is InChI=1S/C16H11ClFN3O/c17-10-5-7-11(8-6-10)19-9-13-15(20-21-16(13)22)12-3-1-2-4-14(12)18/h1-9H,(H2,20,21,22). The minimum absolute atomic E-state index is 0.264. The van der Waals surface area contributed by atoms with E-state index in [0.717, 1.165) is 0 Å². The number of H-pyrrole nitrogens is 2. The number of nitrogens with zero attached hydrogens (tertiary/aromatic N) is 1. The first-order valence-electron chi connectivity index (χ1n) is 6.50. The van der Waals surface area contributed by atoms with Crippen LogP contribution in [0, 0.1) is 5.82 Å². The van der Waals surface area contributed by atoms with E-state index in [1.807, 2.05) is 0 Å². The second kappa shape index (κ2) is 5.99. The lowest BCUT2D eigenvalue weighted by Crippen LogP contribution is -2.05. The summed E-state index contributed by atoms with van der Waals surface area (Å²) in [5.74, 6) is -0.418. The molecule has 0 radical (unpaired) electrons. The first-order chi connectivity index (χ1) is 10.6. The average molecular weight is 316 g/mol. The van der Waals surface area contributed by atoms with Gasteiger partial charge in [-0.05, 0) is 36.4 Å². The zero-order valence-corrected chi connectivity index (χ0v) is 12.1. The fourth-order valence-corrected chi connectivity index (χ4v) is 2.16. The molecule has 0 saturated carbocycles. The first-order valence-corrected chi connectivity index (χ1v) is 6.88. The molecular weight excluding hydrogens is 305 g/mol. The summed E-state index contributed by atoms with van der Waals surface area (Å²) in [6.45, 7) is 0. The highest BCUT2D eigenvalue weighted by Gasteiger charge is 2.13. The highest BCUT2D eigenvalue weighted by molar-refractivity contribution is 6.30. The second-order valence-corrected chi connectivity index (χ2v) is 5.02. The highest BCUT2D eigenvalue weighted by Crippen LogP contribution is 2.22. The molecule has 0 spiro atoms. The van der Waals surface area contributed by atoms with Crippen LogP contribution in [0.3, 0.4) is 0 Å². The zero-order chi connectivity index (χ0) is 15.5. The van der Waals surface area contributed by atoms with Gasteiger partial charge >= 0.3 is 0 Å². The molecule has 3 rings (SSSR count). The average Bonchev–Trinajstić information content (AvgIpc) is 2.88. The summed E-state index contributed by atoms with van der Waals surface area (Å²) in [7, 11) is 0. The fraction of sp³-hybridized carbons (Fsp3) is 0. The Morgan fingerprint density at radius 3 is 2.50 bits per heavy atom. The van der Waals surface area contributed by atoms with Crippen molar-refractivity contribution in [2.45, 2.75) is 0 Å². The molecule has 0 bridgehead atoms. The normalized spacial score (nSPS) is 11.2. The van der Waals surface area contributed by atoms with Crippen molar-refractivity contribution < 1.29 is 4.39 Å². The third kappa shape index (κ3) is 2.84. The van der Waals surface area contributed by atoms with E-state index in [-0.39, 0.29) is 11.1 Å². The number of aromatic amines is 2. The van der Waals surface area contributed by atoms with Crippen LogP contribution in [0.5, 0.6) is 0 Å². The van der Waals surface area contributed by atoms with E-state index in [9.17, 15) is 9.18 Å². The molecule has 0 aliphatic carbocycles. The number of hydrogen-bond acceptors (Lipinski definition) is 2. The van der Waals surface area contributed by atoms with Gasteiger partial charge in [-0.1, -0.05) is 23.7 Å². The molecule has 0 fully saturated rings. The van der Waals surface area contributed by atoms with Gasteiger partial charge in [-0.2, -0.15) is 0 Å². The van der Waals surface area contributed by atoms with Gasteiger partial charge in [0.2, 0.25) is 0 Å². The Balaban J connectivity index is 2.02. The van der Waals surface area contributed by atoms with Crippen LogP contribution in [0.25, 0.3) is 11.3 Å². The van der Waals surface area contributed by atoms with Gasteiger partial charge in [0.1, 0.15) is 5.82 Å². The summed E-state index contributed by atoms with van der Waals surface area (Å²) < 4.78 is 13.9. The monoisotopic (exact) mass is 315 g/mol. The second-order valence-electron chi connectivity index (χ2n) is 4.58. The summed E-state index contributed by atoms with van der Waals surface area (Å²) in [6.07, 6.45) is 1.40. The summed E-state index contributed by atoms with van der Waals surface area (Å²) in [4.78, 5) is 16.1. The van der Waals surface area contributed by atoms with Crippen LogP contribution in [-0.4, -0.2) is 16.4 Å². The Bertz CT molecular complexity index is 881. The van der Waals surface area contributed by atoms with Crippen LogP contribution in [0.1, 0.15) is 5.56 Å². The molecule has 6 heteroatoms. The highest BCUT2D eigenvalue weighted by atomic mass is 35.5. The maximum Gasteiger partial charge on any atom is 0.273 e. The number of aliphatic imine (C=N–C) groups is 1. The number of aromatic nitrogens is 2. The van der Waals surface area contributed by atoms with Gasteiger partial charge in [0.05, 0.1) is 16.9 Å². The largest absolute Gasteiger partial charge is 0.297 e. The number of benzene rings is 2. The molecule has 22 heavy (non-hydrogen) atoms. The lowest BCUT2D eigenvalue weighted by Gasteiger charge is -2.00. The van der Waals surface area contributed by atoms with Crippen molar-refractivity contribution in [2.75, 3.05) is 0 Å². The van der Waals surface area contributed by atoms with E-state index < -0.39 is 5.82 Å². The predicted molar refractivity (Wildman–Crippen MR) is 85.5 cm³/mol. The lowest BCUT2D eigenvalue weighted by molar-refractivity contribution is 0.630. The van der Waals surface area contributed by atoms with Crippen molar-refractivity contribution in [3.8, 4) is 11.3 Å². The SMILES string of the molecule is O=c1[nH][nH]c(-c2ccccc2F)c1C=Nc1ccc(Cl)cc1. The molecule has 2 N–H and O–H groups in total. The molecule has 0 saturated heterocycles. The van der Waals surface area contributed by atoms with E-state index in [1.54, 1.807) is 42.5 Å². The van der Waals surface area contributed by atoms with E-state index in [0.29, 0.717) is 22.0 Å². The Kier molecular flexibility index (Phi) is 3.89. The topological polar surface area (TPSA) is 61.0 Å². The van der Waals surface area contributed by atoms with Crippen LogP contribution < -0.4 is 5.56 Å². The minimum atomic E-state index is -0.418. The summed E-state index contributed by atoms with van der Waals surface area (Å²) in [5.41, 5.74) is 1.21. The molecule has 0 atom stereocenters. The molecule has 110 valence electrons. The van der Waals surface area contributed by atoms with Crippen molar-refractivity contribution in [2.24, 2.45) is 4.99 Å². The third-order valence-electron chi connectivity index (χ3n) is 3.13. The smallest absolute Gasteiger partial charge is 0.273 e. The van der Waals surface area contributed by atoms with E-state index in [4.69, 9.17) is 11.6 Å². The van der Waals surface area contributed by atoms with Crippen molar-refractivity contribution in [3.63, 3.8) is 0 Å². The van der Waals surface area contributed by atoms with Gasteiger partial charge in [0.15, 0.2) is 0 Å². The van der Waals surface area contributed by atoms with Gasteiger partial charge < -0.3 is 0 Å². The van der Waals surface area contributed by atoms with Gasteiger partial charge in [-0.15, -0.1) is 0 Å². The summed E-state index contributed by atoms with van der Waals surface area (Å²) in [6, 6.07) is 13.1. The quantitative estimate of drug-likeness (QED) is 0.707. The fourth-order valence-electron chi connectivity index (χ4n) is 2.03. The number of halogens is 2. The molecule has 1 heterocycles. The molecule has 0 unspecified atom stereocenters. The lowest BCUT2D eigenvalue weighted by atomic mass is 10.1. The van der Waals surface area contributed by atoms with Crippen molar-refractivity contribution in [3.05, 3.63) is 75.3 Å². The van der Waals surface area contributed by atoms with Crippen LogP contribution in [0.4, 0.5) is 10.1 Å². The van der Waals surface area contributed by atoms with E-state index in [1.165, 1.54) is 12.3 Å². The maximum absolute atomic E-state index is 13.9. The Morgan fingerprint density at radius 2 is 1.77 bits per heavy atom. The molecule has 0 aliphatic rings. The molecule has 4 nitrogen and oxygen atoms in total. The minimum Gasteiger partial charge on any atom is -0.297 e. The van der Waals surface area contributed by atoms with Crippen LogP contribution in [-0.2, 0) is 0 Å². The van der Waals surface area contributed by atoms with Crippen molar-refractivity contribution in [1.29, 1.82) is 0 Å². The Labute approximate surface area is 130 Å². The van der Waals surface area contributed by atoms with Gasteiger partial charge in [-0.25, -0.2) is 4.39 Å². The van der Waals surface area contributed by atoms with Gasteiger partial charge in [0.25, 0.3) is 5.56 Å². The first kappa shape index (κ1) is 14.3. The van der Waals surface area contributed by atoms with Gasteiger partial charge in [0, 0.05) is 16.8 Å². The maximum atomic E-state index is 13.9. The number of rotatable bonds is 3. The van der Waals surface area contributed by atoms with Crippen LogP contribution >= 0.6 is 11.6 Å². The Hall–Kier alpha value is -2.66. The zero-order valence-electron chi connectivity index (χ0n) is 11.3. The van der Waals surface area contributed by atoms with Crippen LogP contribution in [0.15, 0.2) is 58.3 Å². The molecule has 2 aromatic carbocycles. The van der Waals surface area contributed by atoms with E-state index >= 15 is 0 Å². The summed E-state index contributed by atoms with van der Waals surface area (Å²) >= 11 is 5.81. The predicted octanol–water partition coefficient (Wildman–Crippen LogP) is 3.91. The van der Waals surface area contributed by atoms with E-state index in [2.05, 4.69) is 15.2 Å². The summed E-state index contributed by atoms with van der Waals surface area (Å²) in [5, 5.41) is 5.74. The Morgan fingerprint density at radius 1 is 1.05 bits per heavy atom. The molecular formula is C16H11ClFN3O.